The summed E-state index contributed by atoms with van der Waals surface area (Å²) in [4.78, 5) is 14.7. The van der Waals surface area contributed by atoms with Crippen LogP contribution in [0.2, 0.25) is 34.8 Å². The van der Waals surface area contributed by atoms with Crippen molar-refractivity contribution in [2.24, 2.45) is 11.3 Å². The Hall–Kier alpha value is -1.32. The molecule has 0 heterocycles. The average Bonchev–Trinajstić information content (AvgIpc) is 2.99. The Bertz CT molecular complexity index is 1000. The lowest BCUT2D eigenvalue weighted by Gasteiger charge is -2.50. The van der Waals surface area contributed by atoms with E-state index in [1.807, 2.05) is 24.3 Å². The summed E-state index contributed by atoms with van der Waals surface area (Å²) >= 11 is 0. The second-order valence-electron chi connectivity index (χ2n) is 14.2. The van der Waals surface area contributed by atoms with Crippen LogP contribution in [0, 0.1) is 11.3 Å². The maximum absolute atomic E-state index is 14.7. The summed E-state index contributed by atoms with van der Waals surface area (Å²) in [5.74, 6) is 0.371. The monoisotopic (exact) mass is 642 g/mol. The molecule has 0 radical (unpaired) electrons. The number of rotatable bonds is 21. The zero-order valence-electron chi connectivity index (χ0n) is 30.0. The van der Waals surface area contributed by atoms with Crippen molar-refractivity contribution < 1.29 is 18.4 Å². The third-order valence-electron chi connectivity index (χ3n) is 10.8. The normalized spacial score (nSPS) is 21.2. The van der Waals surface area contributed by atoms with E-state index in [9.17, 15) is 4.79 Å². The summed E-state index contributed by atoms with van der Waals surface area (Å²) in [7, 11) is -3.95. The van der Waals surface area contributed by atoms with Gasteiger partial charge in [0.2, 0.25) is 0 Å². The molecule has 0 fully saturated rings. The van der Waals surface area contributed by atoms with Crippen molar-refractivity contribution in [2.75, 3.05) is 13.2 Å². The molecule has 1 aliphatic carbocycles. The number of ether oxygens (including phenoxy) is 1. The van der Waals surface area contributed by atoms with Gasteiger partial charge in [-0.3, -0.25) is 4.79 Å². The predicted octanol–water partition coefficient (Wildman–Crippen LogP) is 11.1. The largest absolute Gasteiger partial charge is 0.416 e. The van der Waals surface area contributed by atoms with Crippen molar-refractivity contribution in [2.45, 2.75) is 149 Å². The van der Waals surface area contributed by atoms with Crippen LogP contribution in [-0.2, 0) is 25.0 Å². The van der Waals surface area contributed by atoms with Crippen LogP contribution in [0.15, 0.2) is 54.6 Å². The molecule has 1 aliphatic rings. The summed E-state index contributed by atoms with van der Waals surface area (Å²) in [5.41, 5.74) is 3.47. The molecule has 0 aliphatic heterocycles. The van der Waals surface area contributed by atoms with E-state index < -0.39 is 22.0 Å². The van der Waals surface area contributed by atoms with Crippen LogP contribution in [0.1, 0.15) is 107 Å². The summed E-state index contributed by atoms with van der Waals surface area (Å²) in [6.07, 6.45) is 7.72. The highest BCUT2D eigenvalue weighted by Crippen LogP contribution is 2.50. The van der Waals surface area contributed by atoms with Crippen molar-refractivity contribution in [3.63, 3.8) is 0 Å². The Morgan fingerprint density at radius 1 is 0.977 bits per heavy atom. The molecule has 1 aromatic rings. The van der Waals surface area contributed by atoms with Gasteiger partial charge in [-0.2, -0.15) is 0 Å². The first-order chi connectivity index (χ1) is 20.9. The molecule has 44 heavy (non-hydrogen) atoms. The van der Waals surface area contributed by atoms with E-state index in [4.69, 9.17) is 13.6 Å². The second-order valence-corrected chi connectivity index (χ2v) is 24.4. The molecule has 1 aromatic carbocycles. The first-order valence-electron chi connectivity index (χ1n) is 17.6. The summed E-state index contributed by atoms with van der Waals surface area (Å²) in [6, 6.07) is 13.5. The Kier molecular flexibility index (Phi) is 16.0. The van der Waals surface area contributed by atoms with E-state index in [1.54, 1.807) is 0 Å². The van der Waals surface area contributed by atoms with Gasteiger partial charge in [0.1, 0.15) is 5.78 Å². The van der Waals surface area contributed by atoms with Crippen molar-refractivity contribution in [1.82, 2.24) is 0 Å². The highest BCUT2D eigenvalue weighted by Gasteiger charge is 2.53. The van der Waals surface area contributed by atoms with Crippen LogP contribution in [0.25, 0.3) is 0 Å². The molecule has 250 valence electrons. The molecule has 0 amide bonds. The molecule has 0 N–H and O–H groups in total. The summed E-state index contributed by atoms with van der Waals surface area (Å²) < 4.78 is 20.4. The third-order valence-corrected chi connectivity index (χ3v) is 21.6. The molecular weight excluding hydrogens is 577 g/mol. The number of Topliss-reactive ketones (excluding diaryl/α,β-unsaturated/α-hetero) is 1. The zero-order valence-corrected chi connectivity index (χ0v) is 32.0. The average molecular weight is 643 g/mol. The standard InChI is InChI=1S/C38H66O4Si2/c1-12-24-38(36(39)22-19-25-41-44(30(5)6,31(7)8)32(9)10)35(23-26-40-29-34-20-17-16-18-21-34)27-33(11)28-37(38)42-43(13-2,14-3)15-4/h12,16-18,20-21,27,30-32,35,37H,1,13-15,19,22-26,28-29H2,2-11H3/t35-,37-,38+/m1/s1. The van der Waals surface area contributed by atoms with Gasteiger partial charge in [-0.25, -0.2) is 0 Å². The van der Waals surface area contributed by atoms with Gasteiger partial charge < -0.3 is 13.6 Å². The molecule has 0 bridgehead atoms. The summed E-state index contributed by atoms with van der Waals surface area (Å²) in [5, 5.41) is 0. The topological polar surface area (TPSA) is 44.8 Å². The highest BCUT2D eigenvalue weighted by atomic mass is 28.4. The number of carbonyl (C=O) groups excluding carboxylic acids is 1. The van der Waals surface area contributed by atoms with E-state index in [1.165, 1.54) is 11.1 Å². The van der Waals surface area contributed by atoms with Gasteiger partial charge in [-0.15, -0.1) is 6.58 Å². The Morgan fingerprint density at radius 3 is 2.09 bits per heavy atom. The lowest BCUT2D eigenvalue weighted by Crippen LogP contribution is -2.55. The maximum Gasteiger partial charge on any atom is 0.200 e. The minimum absolute atomic E-state index is 0.0520. The molecule has 0 saturated carbocycles. The Labute approximate surface area is 273 Å². The second kappa shape index (κ2) is 18.1. The molecule has 2 rings (SSSR count). The van der Waals surface area contributed by atoms with Gasteiger partial charge >= 0.3 is 0 Å². The number of ketones is 1. The lowest BCUT2D eigenvalue weighted by molar-refractivity contribution is -0.140. The first kappa shape index (κ1) is 38.9. The molecular formula is C38H66O4Si2. The van der Waals surface area contributed by atoms with Crippen molar-refractivity contribution in [3.05, 3.63) is 60.2 Å². The first-order valence-corrected chi connectivity index (χ1v) is 22.3. The fourth-order valence-corrected chi connectivity index (χ4v) is 16.7. The summed E-state index contributed by atoms with van der Waals surface area (Å²) in [6.45, 7) is 29.0. The fraction of sp³-hybridized carbons (Fsp3) is 0.711. The third kappa shape index (κ3) is 9.15. The van der Waals surface area contributed by atoms with Crippen molar-refractivity contribution >= 4 is 22.4 Å². The molecule has 0 saturated heterocycles. The maximum atomic E-state index is 14.7. The van der Waals surface area contributed by atoms with Crippen LogP contribution in [0.3, 0.4) is 0 Å². The van der Waals surface area contributed by atoms with Crippen LogP contribution in [-0.4, -0.2) is 41.7 Å². The van der Waals surface area contributed by atoms with Crippen LogP contribution in [0.4, 0.5) is 0 Å². The van der Waals surface area contributed by atoms with Gasteiger partial charge in [0.05, 0.1) is 18.1 Å². The van der Waals surface area contributed by atoms with E-state index in [-0.39, 0.29) is 12.0 Å². The van der Waals surface area contributed by atoms with E-state index in [0.29, 0.717) is 55.1 Å². The molecule has 0 spiro atoms. The quantitative estimate of drug-likeness (QED) is 0.0760. The highest BCUT2D eigenvalue weighted by molar-refractivity contribution is 6.77. The fourth-order valence-electron chi connectivity index (χ4n) is 8.27. The Balaban J connectivity index is 2.37. The lowest BCUT2D eigenvalue weighted by atomic mass is 9.60. The molecule has 0 unspecified atom stereocenters. The molecule has 6 heteroatoms. The van der Waals surface area contributed by atoms with Gasteiger partial charge in [0.25, 0.3) is 0 Å². The van der Waals surface area contributed by atoms with Gasteiger partial charge in [-0.1, -0.05) is 110 Å². The van der Waals surface area contributed by atoms with Crippen molar-refractivity contribution in [1.29, 1.82) is 0 Å². The van der Waals surface area contributed by atoms with Gasteiger partial charge in [-0.05, 0) is 78.8 Å². The molecule has 4 nitrogen and oxygen atoms in total. The minimum atomic E-state index is -1.98. The van der Waals surface area contributed by atoms with Crippen LogP contribution >= 0.6 is 0 Å². The minimum Gasteiger partial charge on any atom is -0.416 e. The van der Waals surface area contributed by atoms with E-state index in [0.717, 1.165) is 37.4 Å². The van der Waals surface area contributed by atoms with Crippen LogP contribution in [0.5, 0.6) is 0 Å². The number of allylic oxidation sites excluding steroid dienone is 2. The van der Waals surface area contributed by atoms with Gasteiger partial charge in [0, 0.05) is 19.6 Å². The molecule has 0 aromatic heterocycles. The van der Waals surface area contributed by atoms with E-state index >= 15 is 0 Å². The smallest absolute Gasteiger partial charge is 0.200 e. The van der Waals surface area contributed by atoms with Gasteiger partial charge in [0.15, 0.2) is 16.6 Å². The SMILES string of the molecule is C=CC[C@@]1(C(=O)CCCO[Si](C(C)C)(C(C)C)C(C)C)[C@H](CCOCc2ccccc2)C=C(C)C[C@H]1O[Si](CC)(CC)CC. The van der Waals surface area contributed by atoms with E-state index in [2.05, 4.69) is 94.0 Å². The number of benzene rings is 1. The van der Waals surface area contributed by atoms with Crippen LogP contribution < -0.4 is 0 Å². The number of carbonyl (C=O) groups is 1. The number of hydrogen-bond acceptors (Lipinski definition) is 4. The Morgan fingerprint density at radius 2 is 1.57 bits per heavy atom. The van der Waals surface area contributed by atoms with Crippen molar-refractivity contribution in [3.8, 4) is 0 Å². The number of hydrogen-bond donors (Lipinski definition) is 0. The zero-order chi connectivity index (χ0) is 33.0. The predicted molar refractivity (Wildman–Crippen MR) is 193 cm³/mol. The molecule has 3 atom stereocenters.